The van der Waals surface area contributed by atoms with Gasteiger partial charge in [-0.2, -0.15) is 22.0 Å². The fourth-order valence-electron chi connectivity index (χ4n) is 2.37. The number of hydrogen-bond donors (Lipinski definition) is 1. The van der Waals surface area contributed by atoms with Crippen LogP contribution < -0.4 is 5.32 Å². The Morgan fingerprint density at radius 3 is 2.48 bits per heavy atom. The lowest BCUT2D eigenvalue weighted by Gasteiger charge is -2.17. The summed E-state index contributed by atoms with van der Waals surface area (Å²) >= 11 is 0. The third kappa shape index (κ3) is 8.75. The first-order valence-corrected chi connectivity index (χ1v) is 9.02. The minimum absolute atomic E-state index is 0.432. The van der Waals surface area contributed by atoms with Gasteiger partial charge in [-0.25, -0.2) is 0 Å². The van der Waals surface area contributed by atoms with E-state index in [4.69, 9.17) is 0 Å². The molecule has 0 spiro atoms. The molecule has 154 valence electrons. The van der Waals surface area contributed by atoms with Gasteiger partial charge in [0.05, 0.1) is 5.69 Å². The molecule has 1 rings (SSSR count). The van der Waals surface area contributed by atoms with Crippen LogP contribution in [0.1, 0.15) is 37.9 Å². The maximum atomic E-state index is 12.8. The predicted molar refractivity (Wildman–Crippen MR) is 96.4 cm³/mol. The van der Waals surface area contributed by atoms with Gasteiger partial charge in [0, 0.05) is 19.0 Å². The highest BCUT2D eigenvalue weighted by molar-refractivity contribution is 5.79. The molecule has 0 radical (unpaired) electrons. The minimum atomic E-state index is -5.59. The number of alkyl halides is 5. The molecule has 27 heavy (non-hydrogen) atoms. The summed E-state index contributed by atoms with van der Waals surface area (Å²) in [6.45, 7) is 7.08. The van der Waals surface area contributed by atoms with Crippen molar-refractivity contribution in [2.45, 2.75) is 45.3 Å². The van der Waals surface area contributed by atoms with E-state index < -0.39 is 18.6 Å². The normalized spacial score (nSPS) is 13.0. The first-order chi connectivity index (χ1) is 12.7. The summed E-state index contributed by atoms with van der Waals surface area (Å²) in [5.74, 6) is -4.83. The second kappa shape index (κ2) is 11.3. The van der Waals surface area contributed by atoms with Gasteiger partial charge in [-0.15, -0.1) is 0 Å². The predicted octanol–water partition coefficient (Wildman–Crippen LogP) is 3.91. The Bertz CT molecular complexity index is 571. The Hall–Kier alpha value is -1.61. The van der Waals surface area contributed by atoms with Crippen molar-refractivity contribution in [1.82, 2.24) is 15.2 Å². The fourth-order valence-corrected chi connectivity index (χ4v) is 2.37. The van der Waals surface area contributed by atoms with Crippen molar-refractivity contribution in [1.29, 1.82) is 0 Å². The van der Waals surface area contributed by atoms with E-state index in [2.05, 4.69) is 34.0 Å². The van der Waals surface area contributed by atoms with Gasteiger partial charge in [0.25, 0.3) is 0 Å². The van der Waals surface area contributed by atoms with Gasteiger partial charge in [0.15, 0.2) is 0 Å². The highest BCUT2D eigenvalue weighted by Crippen LogP contribution is 2.35. The average Bonchev–Trinajstić information content (AvgIpc) is 2.60. The van der Waals surface area contributed by atoms with Crippen LogP contribution in [0.4, 0.5) is 22.0 Å². The highest BCUT2D eigenvalue weighted by atomic mass is 19.4. The third-order valence-electron chi connectivity index (χ3n) is 4.06. The third-order valence-corrected chi connectivity index (χ3v) is 4.06. The van der Waals surface area contributed by atoms with Gasteiger partial charge in [0.2, 0.25) is 0 Å². The van der Waals surface area contributed by atoms with Crippen molar-refractivity contribution in [2.75, 3.05) is 32.7 Å². The molecule has 1 heterocycles. The van der Waals surface area contributed by atoms with Crippen molar-refractivity contribution in [3.05, 3.63) is 29.6 Å². The summed E-state index contributed by atoms with van der Waals surface area (Å²) < 4.78 is 61.9. The van der Waals surface area contributed by atoms with E-state index in [0.29, 0.717) is 17.8 Å². The molecule has 0 amide bonds. The summed E-state index contributed by atoms with van der Waals surface area (Å²) in [5.41, 5.74) is 1.10. The summed E-state index contributed by atoms with van der Waals surface area (Å²) in [7, 11) is 0. The van der Waals surface area contributed by atoms with Crippen LogP contribution in [0, 0.1) is 0 Å². The summed E-state index contributed by atoms with van der Waals surface area (Å²) in [6, 6.07) is 3.11. The number of nitrogens with one attached hydrogen (secondary N) is 1. The Morgan fingerprint density at radius 1 is 1.15 bits per heavy atom. The van der Waals surface area contributed by atoms with Crippen molar-refractivity contribution < 1.29 is 22.0 Å². The van der Waals surface area contributed by atoms with Crippen LogP contribution in [0.3, 0.4) is 0 Å². The lowest BCUT2D eigenvalue weighted by atomic mass is 10.2. The molecule has 9 heteroatoms. The molecule has 1 aromatic heterocycles. The molecule has 0 aliphatic carbocycles. The smallest absolute Gasteiger partial charge is 0.311 e. The van der Waals surface area contributed by atoms with Crippen LogP contribution in [-0.2, 0) is 6.54 Å². The largest absolute Gasteiger partial charge is 0.455 e. The number of rotatable bonds is 12. The molecule has 0 atom stereocenters. The van der Waals surface area contributed by atoms with Crippen molar-refractivity contribution in [3.63, 3.8) is 0 Å². The average molecular weight is 394 g/mol. The number of halogens is 5. The Kier molecular flexibility index (Phi) is 9.79. The number of aliphatic imine (C=N–C) groups is 1. The summed E-state index contributed by atoms with van der Waals surface area (Å²) in [5, 5.41) is 3.24. The van der Waals surface area contributed by atoms with Crippen molar-refractivity contribution in [3.8, 4) is 0 Å². The fraction of sp³-hybridized carbons (Fsp3) is 0.667. The molecule has 0 fully saturated rings. The maximum Gasteiger partial charge on any atom is 0.455 e. The zero-order valence-electron chi connectivity index (χ0n) is 15.7. The SMILES string of the molecule is CCN(CC)CCCCNCc1cc(C=NCC(F)(F)C(F)(F)F)ccn1. The summed E-state index contributed by atoms with van der Waals surface area (Å²) in [6.07, 6.45) is -1.01. The van der Waals surface area contributed by atoms with E-state index in [9.17, 15) is 22.0 Å². The van der Waals surface area contributed by atoms with Gasteiger partial charge >= 0.3 is 12.1 Å². The molecule has 0 saturated heterocycles. The molecule has 0 aliphatic rings. The first kappa shape index (κ1) is 23.4. The van der Waals surface area contributed by atoms with Gasteiger partial charge in [0.1, 0.15) is 6.54 Å². The van der Waals surface area contributed by atoms with Crippen LogP contribution in [0.15, 0.2) is 23.3 Å². The zero-order chi connectivity index (χ0) is 20.3. The zero-order valence-corrected chi connectivity index (χ0v) is 15.7. The highest BCUT2D eigenvalue weighted by Gasteiger charge is 2.57. The van der Waals surface area contributed by atoms with Crippen LogP contribution in [-0.4, -0.2) is 60.9 Å². The first-order valence-electron chi connectivity index (χ1n) is 9.02. The Morgan fingerprint density at radius 2 is 1.85 bits per heavy atom. The molecular weight excluding hydrogens is 367 g/mol. The Balaban J connectivity index is 2.38. The number of hydrogen-bond acceptors (Lipinski definition) is 4. The Labute approximate surface area is 156 Å². The number of nitrogens with zero attached hydrogens (tertiary/aromatic N) is 3. The molecule has 0 unspecified atom stereocenters. The molecule has 4 nitrogen and oxygen atoms in total. The topological polar surface area (TPSA) is 40.5 Å². The van der Waals surface area contributed by atoms with Gasteiger partial charge in [-0.05, 0) is 56.7 Å². The maximum absolute atomic E-state index is 12.8. The van der Waals surface area contributed by atoms with E-state index in [1.54, 1.807) is 6.07 Å². The molecule has 0 aromatic carbocycles. The van der Waals surface area contributed by atoms with E-state index in [0.717, 1.165) is 45.2 Å². The minimum Gasteiger partial charge on any atom is -0.311 e. The molecule has 1 aromatic rings. The number of unbranched alkanes of at least 4 members (excludes halogenated alkanes) is 1. The van der Waals surface area contributed by atoms with Crippen LogP contribution >= 0.6 is 0 Å². The number of aromatic nitrogens is 1. The second-order valence-electron chi connectivity index (χ2n) is 6.16. The second-order valence-corrected chi connectivity index (χ2v) is 6.16. The monoisotopic (exact) mass is 394 g/mol. The number of pyridine rings is 1. The van der Waals surface area contributed by atoms with E-state index >= 15 is 0 Å². The quantitative estimate of drug-likeness (QED) is 0.332. The van der Waals surface area contributed by atoms with Gasteiger partial charge in [-0.3, -0.25) is 9.98 Å². The van der Waals surface area contributed by atoms with E-state index in [1.165, 1.54) is 12.3 Å². The van der Waals surface area contributed by atoms with E-state index in [1.807, 2.05) is 0 Å². The molecule has 0 saturated carbocycles. The van der Waals surface area contributed by atoms with Crippen molar-refractivity contribution in [2.24, 2.45) is 4.99 Å². The van der Waals surface area contributed by atoms with E-state index in [-0.39, 0.29) is 0 Å². The molecular formula is C18H27F5N4. The van der Waals surface area contributed by atoms with Crippen LogP contribution in [0.2, 0.25) is 0 Å². The lowest BCUT2D eigenvalue weighted by molar-refractivity contribution is -0.276. The molecule has 0 bridgehead atoms. The standard InChI is InChI=1S/C18H27F5N4/c1-3-27(4-2)10-6-5-8-24-13-16-11-15(7-9-26-16)12-25-14-17(19,20)18(21,22)23/h7,9,11-12,24H,3-6,8,10,13-14H2,1-2H3. The molecule has 1 N–H and O–H groups in total. The van der Waals surface area contributed by atoms with Gasteiger partial charge in [-0.1, -0.05) is 13.8 Å². The van der Waals surface area contributed by atoms with Crippen LogP contribution in [0.5, 0.6) is 0 Å². The van der Waals surface area contributed by atoms with Crippen molar-refractivity contribution >= 4 is 6.21 Å². The molecule has 0 aliphatic heterocycles. The van der Waals surface area contributed by atoms with Crippen LogP contribution in [0.25, 0.3) is 0 Å². The summed E-state index contributed by atoms with van der Waals surface area (Å²) in [4.78, 5) is 9.73. The van der Waals surface area contributed by atoms with Gasteiger partial charge < -0.3 is 10.2 Å². The lowest BCUT2D eigenvalue weighted by Crippen LogP contribution is -2.39.